The molecule has 0 radical (unpaired) electrons. The van der Waals surface area contributed by atoms with Crippen LogP contribution < -0.4 is 10.9 Å². The summed E-state index contributed by atoms with van der Waals surface area (Å²) in [5.41, 5.74) is 1.33. The van der Waals surface area contributed by atoms with Crippen LogP contribution in [0.2, 0.25) is 0 Å². The maximum Gasteiger partial charge on any atom is 0.252 e. The first-order valence-corrected chi connectivity index (χ1v) is 8.61. The normalized spacial score (nSPS) is 15.4. The lowest BCUT2D eigenvalue weighted by Crippen LogP contribution is -2.26. The van der Waals surface area contributed by atoms with Gasteiger partial charge in [-0.25, -0.2) is 9.37 Å². The second kappa shape index (κ2) is 6.63. The number of hydrogen-bond donors (Lipinski definition) is 1. The first-order chi connectivity index (χ1) is 12.2. The Balaban J connectivity index is 1.75. The minimum Gasteiger partial charge on any atom is -0.324 e. The second-order valence-corrected chi connectivity index (χ2v) is 6.44. The Kier molecular flexibility index (Phi) is 4.17. The van der Waals surface area contributed by atoms with Crippen LogP contribution in [-0.4, -0.2) is 14.5 Å². The van der Waals surface area contributed by atoms with E-state index in [0.717, 1.165) is 31.1 Å². The van der Waals surface area contributed by atoms with Crippen LogP contribution in [0.1, 0.15) is 38.1 Å². The fourth-order valence-corrected chi connectivity index (χ4v) is 3.45. The molecule has 3 aromatic rings. The SMILES string of the molecule is O=c1ccc2cnc(Nc3ccc(F)cc3)nc2n1C1CCCCC1. The average Bonchev–Trinajstić information content (AvgIpc) is 2.64. The second-order valence-electron chi connectivity index (χ2n) is 6.44. The number of fused-ring (bicyclic) bond motifs is 1. The van der Waals surface area contributed by atoms with Gasteiger partial charge in [0.1, 0.15) is 11.5 Å². The third kappa shape index (κ3) is 3.24. The Bertz CT molecular complexity index is 946. The predicted molar refractivity (Wildman–Crippen MR) is 95.6 cm³/mol. The van der Waals surface area contributed by atoms with Crippen LogP contribution in [0.4, 0.5) is 16.0 Å². The summed E-state index contributed by atoms with van der Waals surface area (Å²) in [5.74, 6) is 0.102. The van der Waals surface area contributed by atoms with Crippen molar-refractivity contribution in [3.8, 4) is 0 Å². The van der Waals surface area contributed by atoms with Crippen molar-refractivity contribution in [3.05, 3.63) is 58.8 Å². The van der Waals surface area contributed by atoms with Crippen molar-refractivity contribution < 1.29 is 4.39 Å². The van der Waals surface area contributed by atoms with Crippen LogP contribution in [0.3, 0.4) is 0 Å². The molecule has 4 rings (SSSR count). The van der Waals surface area contributed by atoms with Gasteiger partial charge in [0.15, 0.2) is 0 Å². The molecule has 0 amide bonds. The number of rotatable bonds is 3. The average molecular weight is 338 g/mol. The lowest BCUT2D eigenvalue weighted by molar-refractivity contribution is 0.353. The number of nitrogens with one attached hydrogen (secondary N) is 1. The minimum absolute atomic E-state index is 0.0224. The van der Waals surface area contributed by atoms with Crippen LogP contribution >= 0.6 is 0 Å². The van der Waals surface area contributed by atoms with Gasteiger partial charge in [0.05, 0.1) is 0 Å². The summed E-state index contributed by atoms with van der Waals surface area (Å²) in [7, 11) is 0. The molecular weight excluding hydrogens is 319 g/mol. The maximum absolute atomic E-state index is 13.0. The van der Waals surface area contributed by atoms with Crippen molar-refractivity contribution in [3.63, 3.8) is 0 Å². The van der Waals surface area contributed by atoms with E-state index in [1.807, 2.05) is 4.57 Å². The molecule has 25 heavy (non-hydrogen) atoms. The van der Waals surface area contributed by atoms with E-state index in [-0.39, 0.29) is 17.4 Å². The molecule has 128 valence electrons. The van der Waals surface area contributed by atoms with E-state index in [9.17, 15) is 9.18 Å². The van der Waals surface area contributed by atoms with E-state index in [4.69, 9.17) is 0 Å². The minimum atomic E-state index is -0.295. The summed E-state index contributed by atoms with van der Waals surface area (Å²) in [6.45, 7) is 0. The van der Waals surface area contributed by atoms with E-state index < -0.39 is 0 Å². The number of aromatic nitrogens is 3. The molecule has 1 aliphatic carbocycles. The van der Waals surface area contributed by atoms with Gasteiger partial charge in [-0.05, 0) is 43.2 Å². The van der Waals surface area contributed by atoms with Gasteiger partial charge in [-0.1, -0.05) is 19.3 Å². The van der Waals surface area contributed by atoms with Crippen molar-refractivity contribution in [2.45, 2.75) is 38.1 Å². The maximum atomic E-state index is 13.0. The highest BCUT2D eigenvalue weighted by Gasteiger charge is 2.19. The molecule has 5 nitrogen and oxygen atoms in total. The Hall–Kier alpha value is -2.76. The van der Waals surface area contributed by atoms with Crippen LogP contribution in [0.5, 0.6) is 0 Å². The van der Waals surface area contributed by atoms with E-state index >= 15 is 0 Å². The topological polar surface area (TPSA) is 59.8 Å². The van der Waals surface area contributed by atoms with Gasteiger partial charge in [-0.15, -0.1) is 0 Å². The van der Waals surface area contributed by atoms with Gasteiger partial charge < -0.3 is 5.32 Å². The van der Waals surface area contributed by atoms with Crippen LogP contribution in [0, 0.1) is 5.82 Å². The van der Waals surface area contributed by atoms with E-state index in [1.54, 1.807) is 30.5 Å². The van der Waals surface area contributed by atoms with Gasteiger partial charge in [-0.2, -0.15) is 4.98 Å². The molecular formula is C19H19FN4O. The van der Waals surface area contributed by atoms with Gasteiger partial charge in [-0.3, -0.25) is 9.36 Å². The number of benzene rings is 1. The fraction of sp³-hybridized carbons (Fsp3) is 0.316. The zero-order chi connectivity index (χ0) is 17.2. The number of hydrogen-bond acceptors (Lipinski definition) is 4. The quantitative estimate of drug-likeness (QED) is 0.778. The Morgan fingerprint density at radius 2 is 1.80 bits per heavy atom. The summed E-state index contributed by atoms with van der Waals surface area (Å²) < 4.78 is 14.9. The summed E-state index contributed by atoms with van der Waals surface area (Å²) in [5, 5.41) is 3.91. The lowest BCUT2D eigenvalue weighted by atomic mass is 9.95. The summed E-state index contributed by atoms with van der Waals surface area (Å²) >= 11 is 0. The largest absolute Gasteiger partial charge is 0.324 e. The van der Waals surface area contributed by atoms with Crippen LogP contribution in [-0.2, 0) is 0 Å². The third-order valence-electron chi connectivity index (χ3n) is 4.71. The van der Waals surface area contributed by atoms with Crippen molar-refractivity contribution in [1.82, 2.24) is 14.5 Å². The van der Waals surface area contributed by atoms with E-state index in [1.165, 1.54) is 18.6 Å². The molecule has 1 aliphatic rings. The molecule has 1 saturated carbocycles. The predicted octanol–water partition coefficient (Wildman–Crippen LogP) is 4.18. The zero-order valence-electron chi connectivity index (χ0n) is 13.8. The third-order valence-corrected chi connectivity index (χ3v) is 4.71. The van der Waals surface area contributed by atoms with E-state index in [2.05, 4.69) is 15.3 Å². The Labute approximate surface area is 144 Å². The van der Waals surface area contributed by atoms with Gasteiger partial charge in [0.25, 0.3) is 5.56 Å². The van der Waals surface area contributed by atoms with Crippen molar-refractivity contribution >= 4 is 22.7 Å². The first-order valence-electron chi connectivity index (χ1n) is 8.61. The molecule has 0 spiro atoms. The fourth-order valence-electron chi connectivity index (χ4n) is 3.45. The van der Waals surface area contributed by atoms with Gasteiger partial charge in [0.2, 0.25) is 5.95 Å². The Morgan fingerprint density at radius 3 is 2.56 bits per heavy atom. The molecule has 0 bridgehead atoms. The number of halogens is 1. The molecule has 2 aromatic heterocycles. The van der Waals surface area contributed by atoms with E-state index in [0.29, 0.717) is 17.3 Å². The highest BCUT2D eigenvalue weighted by atomic mass is 19.1. The molecule has 1 N–H and O–H groups in total. The monoisotopic (exact) mass is 338 g/mol. The lowest BCUT2D eigenvalue weighted by Gasteiger charge is -2.24. The van der Waals surface area contributed by atoms with Gasteiger partial charge in [0, 0.05) is 29.4 Å². The van der Waals surface area contributed by atoms with Crippen molar-refractivity contribution in [1.29, 1.82) is 0 Å². The Morgan fingerprint density at radius 1 is 1.04 bits per heavy atom. The number of anilines is 2. The number of nitrogens with zero attached hydrogens (tertiary/aromatic N) is 3. The highest BCUT2D eigenvalue weighted by Crippen LogP contribution is 2.29. The standard InChI is InChI=1S/C19H19FN4O/c20-14-7-9-15(10-8-14)22-19-21-12-13-6-11-17(25)24(18(13)23-19)16-4-2-1-3-5-16/h6-12,16H,1-5H2,(H,21,22,23). The van der Waals surface area contributed by atoms with Crippen LogP contribution in [0.25, 0.3) is 11.0 Å². The molecule has 6 heteroatoms. The van der Waals surface area contributed by atoms with Crippen molar-refractivity contribution in [2.24, 2.45) is 0 Å². The van der Waals surface area contributed by atoms with Crippen LogP contribution in [0.15, 0.2) is 47.4 Å². The smallest absolute Gasteiger partial charge is 0.252 e. The summed E-state index contributed by atoms with van der Waals surface area (Å²) in [6, 6.07) is 9.55. The molecule has 2 heterocycles. The zero-order valence-corrected chi connectivity index (χ0v) is 13.8. The molecule has 0 saturated heterocycles. The molecule has 0 atom stereocenters. The molecule has 0 unspecified atom stereocenters. The first kappa shape index (κ1) is 15.7. The highest BCUT2D eigenvalue weighted by molar-refractivity contribution is 5.75. The molecule has 1 aromatic carbocycles. The molecule has 0 aliphatic heterocycles. The molecule has 1 fully saturated rings. The number of pyridine rings is 1. The summed E-state index contributed by atoms with van der Waals surface area (Å²) in [6.07, 6.45) is 7.22. The van der Waals surface area contributed by atoms with Gasteiger partial charge >= 0.3 is 0 Å². The van der Waals surface area contributed by atoms with Crippen molar-refractivity contribution in [2.75, 3.05) is 5.32 Å². The summed E-state index contributed by atoms with van der Waals surface area (Å²) in [4.78, 5) is 21.4.